The molecule has 2 rings (SSSR count). The number of pyridine rings is 1. The third kappa shape index (κ3) is 6.10. The normalized spacial score (nSPS) is 10.9. The highest BCUT2D eigenvalue weighted by Gasteiger charge is 2.07. The fourth-order valence-corrected chi connectivity index (χ4v) is 2.45. The summed E-state index contributed by atoms with van der Waals surface area (Å²) in [7, 11) is 3.83. The van der Waals surface area contributed by atoms with Crippen molar-refractivity contribution in [2.45, 2.75) is 20.0 Å². The van der Waals surface area contributed by atoms with Gasteiger partial charge in [-0.1, -0.05) is 34.1 Å². The average molecular weight is 489 g/mol. The van der Waals surface area contributed by atoms with Gasteiger partial charge in [0.1, 0.15) is 0 Å². The summed E-state index contributed by atoms with van der Waals surface area (Å²) in [5, 5.41) is 3.36. The van der Waals surface area contributed by atoms with Gasteiger partial charge in [0.05, 0.1) is 12.2 Å². The number of aromatic nitrogens is 1. The minimum absolute atomic E-state index is 0. The van der Waals surface area contributed by atoms with Gasteiger partial charge in [-0.05, 0) is 36.2 Å². The highest BCUT2D eigenvalue weighted by Crippen LogP contribution is 2.12. The van der Waals surface area contributed by atoms with Crippen molar-refractivity contribution in [2.24, 2.45) is 4.99 Å². The zero-order chi connectivity index (χ0) is 15.9. The predicted octanol–water partition coefficient (Wildman–Crippen LogP) is 3.98. The molecule has 1 aromatic carbocycles. The number of hydrogen-bond donors (Lipinski definition) is 1. The molecule has 2 aromatic rings. The first-order chi connectivity index (χ1) is 10.6. The second-order valence-electron chi connectivity index (χ2n) is 5.15. The van der Waals surface area contributed by atoms with Crippen LogP contribution in [0, 0.1) is 6.92 Å². The average Bonchev–Trinajstić information content (AvgIpc) is 2.52. The Balaban J connectivity index is 0.00000264. The molecule has 0 bridgehead atoms. The third-order valence-electron chi connectivity index (χ3n) is 3.44. The van der Waals surface area contributed by atoms with E-state index < -0.39 is 0 Å². The third-order valence-corrected chi connectivity index (χ3v) is 3.97. The van der Waals surface area contributed by atoms with Crippen molar-refractivity contribution in [3.8, 4) is 0 Å². The lowest BCUT2D eigenvalue weighted by atomic mass is 10.2. The molecule has 0 amide bonds. The molecule has 124 valence electrons. The molecule has 0 aliphatic heterocycles. The molecule has 23 heavy (non-hydrogen) atoms. The van der Waals surface area contributed by atoms with E-state index in [-0.39, 0.29) is 24.0 Å². The Labute approximate surface area is 163 Å². The molecular formula is C17H22BrIN4. The van der Waals surface area contributed by atoms with Crippen LogP contribution in [0.2, 0.25) is 0 Å². The second kappa shape index (κ2) is 9.87. The van der Waals surface area contributed by atoms with Crippen molar-refractivity contribution < 1.29 is 0 Å². The van der Waals surface area contributed by atoms with E-state index in [1.54, 1.807) is 7.05 Å². The highest BCUT2D eigenvalue weighted by molar-refractivity contribution is 14.0. The Hall–Kier alpha value is -1.15. The summed E-state index contributed by atoms with van der Waals surface area (Å²) in [6.07, 6.45) is 1.82. The summed E-state index contributed by atoms with van der Waals surface area (Å²) >= 11 is 3.46. The molecule has 1 heterocycles. The van der Waals surface area contributed by atoms with Gasteiger partial charge in [0.25, 0.3) is 0 Å². The maximum Gasteiger partial charge on any atom is 0.194 e. The van der Waals surface area contributed by atoms with Crippen LogP contribution in [0.4, 0.5) is 0 Å². The Morgan fingerprint density at radius 2 is 1.96 bits per heavy atom. The number of aryl methyl sites for hydroxylation is 1. The van der Waals surface area contributed by atoms with Crippen LogP contribution < -0.4 is 5.32 Å². The molecular weight excluding hydrogens is 467 g/mol. The monoisotopic (exact) mass is 488 g/mol. The van der Waals surface area contributed by atoms with Crippen LogP contribution in [0.25, 0.3) is 0 Å². The van der Waals surface area contributed by atoms with E-state index in [1.165, 1.54) is 11.1 Å². The molecule has 0 unspecified atom stereocenters. The van der Waals surface area contributed by atoms with Crippen LogP contribution in [-0.4, -0.2) is 29.9 Å². The number of benzene rings is 1. The van der Waals surface area contributed by atoms with E-state index in [0.717, 1.165) is 22.7 Å². The Bertz CT molecular complexity index is 643. The van der Waals surface area contributed by atoms with E-state index in [1.807, 2.05) is 19.3 Å². The number of guanidine groups is 1. The first kappa shape index (κ1) is 19.9. The van der Waals surface area contributed by atoms with Gasteiger partial charge in [-0.25, -0.2) is 0 Å². The van der Waals surface area contributed by atoms with E-state index >= 15 is 0 Å². The smallest absolute Gasteiger partial charge is 0.194 e. The first-order valence-electron chi connectivity index (χ1n) is 7.17. The molecule has 0 saturated carbocycles. The molecule has 0 fully saturated rings. The molecule has 0 aliphatic carbocycles. The van der Waals surface area contributed by atoms with Crippen LogP contribution in [0.5, 0.6) is 0 Å². The number of hydrogen-bond acceptors (Lipinski definition) is 2. The van der Waals surface area contributed by atoms with Crippen molar-refractivity contribution in [1.29, 1.82) is 0 Å². The molecule has 6 heteroatoms. The zero-order valence-electron chi connectivity index (χ0n) is 13.6. The van der Waals surface area contributed by atoms with Gasteiger partial charge in [-0.3, -0.25) is 9.98 Å². The first-order valence-corrected chi connectivity index (χ1v) is 7.96. The fourth-order valence-electron chi connectivity index (χ4n) is 2.19. The molecule has 0 aliphatic rings. The Morgan fingerprint density at radius 3 is 2.57 bits per heavy atom. The van der Waals surface area contributed by atoms with Gasteiger partial charge in [0.2, 0.25) is 0 Å². The largest absolute Gasteiger partial charge is 0.351 e. The van der Waals surface area contributed by atoms with Gasteiger partial charge in [-0.15, -0.1) is 24.0 Å². The summed E-state index contributed by atoms with van der Waals surface area (Å²) in [5.74, 6) is 0.855. The molecule has 1 aromatic heterocycles. The zero-order valence-corrected chi connectivity index (χ0v) is 17.5. The number of rotatable bonds is 4. The van der Waals surface area contributed by atoms with Crippen LogP contribution in [0.1, 0.15) is 16.8 Å². The second-order valence-corrected chi connectivity index (χ2v) is 6.07. The Kier molecular flexibility index (Phi) is 8.54. The van der Waals surface area contributed by atoms with Gasteiger partial charge >= 0.3 is 0 Å². The van der Waals surface area contributed by atoms with E-state index in [4.69, 9.17) is 0 Å². The SMILES string of the molecule is CN=C(NCc1ncccc1C)N(C)Cc1ccc(Br)cc1.I. The summed E-state index contributed by atoms with van der Waals surface area (Å²) in [5.41, 5.74) is 3.46. The molecule has 4 nitrogen and oxygen atoms in total. The lowest BCUT2D eigenvalue weighted by Gasteiger charge is -2.22. The van der Waals surface area contributed by atoms with E-state index in [2.05, 4.69) is 73.4 Å². The molecule has 0 atom stereocenters. The highest BCUT2D eigenvalue weighted by atomic mass is 127. The topological polar surface area (TPSA) is 40.5 Å². The predicted molar refractivity (Wildman–Crippen MR) is 110 cm³/mol. The minimum atomic E-state index is 0. The Morgan fingerprint density at radius 1 is 1.26 bits per heavy atom. The van der Waals surface area contributed by atoms with Crippen LogP contribution in [-0.2, 0) is 13.1 Å². The summed E-state index contributed by atoms with van der Waals surface area (Å²) in [4.78, 5) is 10.8. The van der Waals surface area contributed by atoms with Crippen molar-refractivity contribution in [3.63, 3.8) is 0 Å². The fraction of sp³-hybridized carbons (Fsp3) is 0.294. The van der Waals surface area contributed by atoms with Crippen molar-refractivity contribution >= 4 is 45.9 Å². The van der Waals surface area contributed by atoms with Gasteiger partial charge in [0, 0.05) is 31.3 Å². The summed E-state index contributed by atoms with van der Waals surface area (Å²) in [6.45, 7) is 3.54. The quantitative estimate of drug-likeness (QED) is 0.402. The maximum absolute atomic E-state index is 4.40. The summed E-state index contributed by atoms with van der Waals surface area (Å²) < 4.78 is 1.09. The number of nitrogens with zero attached hydrogens (tertiary/aromatic N) is 3. The van der Waals surface area contributed by atoms with Crippen molar-refractivity contribution in [1.82, 2.24) is 15.2 Å². The van der Waals surface area contributed by atoms with Crippen LogP contribution >= 0.6 is 39.9 Å². The van der Waals surface area contributed by atoms with Crippen LogP contribution in [0.3, 0.4) is 0 Å². The molecule has 0 saturated heterocycles. The number of aliphatic imine (C=N–C) groups is 1. The minimum Gasteiger partial charge on any atom is -0.351 e. The molecule has 0 spiro atoms. The number of halogens is 2. The molecule has 0 radical (unpaired) electrons. The lowest BCUT2D eigenvalue weighted by Crippen LogP contribution is -2.38. The number of nitrogens with one attached hydrogen (secondary N) is 1. The standard InChI is InChI=1S/C17H21BrN4.HI/c1-13-5-4-10-20-16(13)11-21-17(19-2)22(3)12-14-6-8-15(18)9-7-14;/h4-10H,11-12H2,1-3H3,(H,19,21);1H. The van der Waals surface area contributed by atoms with Crippen molar-refractivity contribution in [3.05, 3.63) is 63.9 Å². The van der Waals surface area contributed by atoms with Gasteiger partial charge in [0.15, 0.2) is 5.96 Å². The van der Waals surface area contributed by atoms with E-state index in [9.17, 15) is 0 Å². The van der Waals surface area contributed by atoms with E-state index in [0.29, 0.717) is 6.54 Å². The maximum atomic E-state index is 4.40. The lowest BCUT2D eigenvalue weighted by molar-refractivity contribution is 0.476. The summed E-state index contributed by atoms with van der Waals surface area (Å²) in [6, 6.07) is 12.3. The van der Waals surface area contributed by atoms with Crippen LogP contribution in [0.15, 0.2) is 52.1 Å². The van der Waals surface area contributed by atoms with Crippen molar-refractivity contribution in [2.75, 3.05) is 14.1 Å². The molecule has 1 N–H and O–H groups in total. The van der Waals surface area contributed by atoms with Gasteiger partial charge in [-0.2, -0.15) is 0 Å². The van der Waals surface area contributed by atoms with Gasteiger partial charge < -0.3 is 10.2 Å².